The van der Waals surface area contributed by atoms with Gasteiger partial charge in [0.2, 0.25) is 10.0 Å². The van der Waals surface area contributed by atoms with E-state index < -0.39 is 21.5 Å². The van der Waals surface area contributed by atoms with Gasteiger partial charge >= 0.3 is 5.97 Å². The van der Waals surface area contributed by atoms with Gasteiger partial charge < -0.3 is 5.11 Å². The van der Waals surface area contributed by atoms with Crippen LogP contribution in [0, 0.1) is 5.92 Å². The molecule has 0 aromatic rings. The minimum Gasteiger partial charge on any atom is -0.480 e. The van der Waals surface area contributed by atoms with Crippen molar-refractivity contribution < 1.29 is 18.3 Å². The Labute approximate surface area is 82.8 Å². The van der Waals surface area contributed by atoms with Crippen LogP contribution in [0.3, 0.4) is 0 Å². The summed E-state index contributed by atoms with van der Waals surface area (Å²) >= 11 is 0. The standard InChI is InChI=1S/C8H13NO4S/c1-6-4-9(14(12,13)5-6)8(2-3-8)7(10)11/h6H,2-5H2,1H3,(H,10,11). The van der Waals surface area contributed by atoms with Crippen molar-refractivity contribution in [2.75, 3.05) is 12.3 Å². The van der Waals surface area contributed by atoms with Gasteiger partial charge in [-0.25, -0.2) is 8.42 Å². The minimum atomic E-state index is -3.32. The molecule has 6 heteroatoms. The molecule has 1 unspecified atom stereocenters. The molecule has 0 aromatic heterocycles. The third kappa shape index (κ3) is 1.25. The number of aliphatic carboxylic acids is 1. The van der Waals surface area contributed by atoms with E-state index in [2.05, 4.69) is 0 Å². The van der Waals surface area contributed by atoms with E-state index in [1.807, 2.05) is 6.92 Å². The Kier molecular flexibility index (Phi) is 1.91. The largest absolute Gasteiger partial charge is 0.480 e. The molecule has 80 valence electrons. The number of nitrogens with zero attached hydrogens (tertiary/aromatic N) is 1. The zero-order chi connectivity index (χ0) is 10.6. The average molecular weight is 219 g/mol. The van der Waals surface area contributed by atoms with Crippen molar-refractivity contribution in [3.05, 3.63) is 0 Å². The van der Waals surface area contributed by atoms with Gasteiger partial charge in [0.15, 0.2) is 0 Å². The molecule has 1 saturated heterocycles. The molecule has 1 atom stereocenters. The van der Waals surface area contributed by atoms with Gasteiger partial charge in [-0.05, 0) is 18.8 Å². The molecule has 14 heavy (non-hydrogen) atoms. The highest BCUT2D eigenvalue weighted by molar-refractivity contribution is 7.89. The van der Waals surface area contributed by atoms with E-state index in [0.29, 0.717) is 19.4 Å². The Hall–Kier alpha value is -0.620. The number of rotatable bonds is 2. The van der Waals surface area contributed by atoms with E-state index in [-0.39, 0.29) is 11.7 Å². The second-order valence-corrected chi connectivity index (χ2v) is 6.19. The molecule has 1 N–H and O–H groups in total. The molecular formula is C8H13NO4S. The lowest BCUT2D eigenvalue weighted by Gasteiger charge is -2.21. The Morgan fingerprint density at radius 1 is 1.50 bits per heavy atom. The van der Waals surface area contributed by atoms with Gasteiger partial charge in [-0.2, -0.15) is 4.31 Å². The summed E-state index contributed by atoms with van der Waals surface area (Å²) in [5.41, 5.74) is -1.09. The molecule has 1 aliphatic heterocycles. The molecular weight excluding hydrogens is 206 g/mol. The summed E-state index contributed by atoms with van der Waals surface area (Å²) in [7, 11) is -3.32. The summed E-state index contributed by atoms with van der Waals surface area (Å²) in [6, 6.07) is 0. The van der Waals surface area contributed by atoms with Crippen LogP contribution in [-0.2, 0) is 14.8 Å². The van der Waals surface area contributed by atoms with Crippen LogP contribution in [0.4, 0.5) is 0 Å². The second kappa shape index (κ2) is 2.70. The van der Waals surface area contributed by atoms with Gasteiger partial charge in [0.25, 0.3) is 0 Å². The second-order valence-electron chi connectivity index (χ2n) is 4.25. The predicted octanol–water partition coefficient (Wildman–Crippen LogP) is -0.115. The molecule has 1 saturated carbocycles. The summed E-state index contributed by atoms with van der Waals surface area (Å²) in [5, 5.41) is 8.98. The van der Waals surface area contributed by atoms with Crippen molar-refractivity contribution in [1.29, 1.82) is 0 Å². The quantitative estimate of drug-likeness (QED) is 0.703. The Morgan fingerprint density at radius 2 is 2.07 bits per heavy atom. The first-order valence-corrected chi connectivity index (χ1v) is 6.23. The highest BCUT2D eigenvalue weighted by Gasteiger charge is 2.61. The molecule has 2 aliphatic rings. The minimum absolute atomic E-state index is 0.0387. The van der Waals surface area contributed by atoms with Crippen LogP contribution in [-0.4, -0.2) is 41.6 Å². The molecule has 0 amide bonds. The average Bonchev–Trinajstić information content (AvgIpc) is 2.74. The molecule has 5 nitrogen and oxygen atoms in total. The van der Waals surface area contributed by atoms with Crippen molar-refractivity contribution in [2.24, 2.45) is 5.92 Å². The van der Waals surface area contributed by atoms with E-state index >= 15 is 0 Å². The van der Waals surface area contributed by atoms with Gasteiger partial charge in [-0.15, -0.1) is 0 Å². The molecule has 2 rings (SSSR count). The van der Waals surface area contributed by atoms with E-state index in [9.17, 15) is 13.2 Å². The van der Waals surface area contributed by atoms with Gasteiger partial charge in [0.1, 0.15) is 5.54 Å². The highest BCUT2D eigenvalue weighted by atomic mass is 32.2. The van der Waals surface area contributed by atoms with E-state index in [1.165, 1.54) is 4.31 Å². The number of carboxylic acid groups (broad SMARTS) is 1. The maximum Gasteiger partial charge on any atom is 0.325 e. The lowest BCUT2D eigenvalue weighted by molar-refractivity contribution is -0.143. The Balaban J connectivity index is 2.32. The number of carboxylic acids is 1. The lowest BCUT2D eigenvalue weighted by Crippen LogP contribution is -2.44. The fourth-order valence-electron chi connectivity index (χ4n) is 2.03. The van der Waals surface area contributed by atoms with Gasteiger partial charge in [-0.1, -0.05) is 6.92 Å². The van der Waals surface area contributed by atoms with Crippen molar-refractivity contribution in [1.82, 2.24) is 4.31 Å². The number of sulfonamides is 1. The Bertz CT molecular complexity index is 371. The van der Waals surface area contributed by atoms with Crippen molar-refractivity contribution >= 4 is 16.0 Å². The molecule has 1 aliphatic carbocycles. The monoisotopic (exact) mass is 219 g/mol. The molecule has 0 aromatic carbocycles. The normalized spacial score (nSPS) is 34.2. The van der Waals surface area contributed by atoms with E-state index in [4.69, 9.17) is 5.11 Å². The van der Waals surface area contributed by atoms with Crippen LogP contribution in [0.15, 0.2) is 0 Å². The summed E-state index contributed by atoms with van der Waals surface area (Å²) in [6.07, 6.45) is 0.905. The highest BCUT2D eigenvalue weighted by Crippen LogP contribution is 2.46. The zero-order valence-corrected chi connectivity index (χ0v) is 8.75. The summed E-state index contributed by atoms with van der Waals surface area (Å²) in [4.78, 5) is 11.0. The van der Waals surface area contributed by atoms with Gasteiger partial charge in [0, 0.05) is 6.54 Å². The number of hydrogen-bond donors (Lipinski definition) is 1. The van der Waals surface area contributed by atoms with E-state index in [1.54, 1.807) is 0 Å². The molecule has 0 radical (unpaired) electrons. The zero-order valence-electron chi connectivity index (χ0n) is 7.93. The smallest absolute Gasteiger partial charge is 0.325 e. The van der Waals surface area contributed by atoms with E-state index in [0.717, 1.165) is 0 Å². The third-order valence-corrected chi connectivity index (χ3v) is 5.07. The fourth-order valence-corrected chi connectivity index (χ4v) is 4.31. The fraction of sp³-hybridized carbons (Fsp3) is 0.875. The maximum atomic E-state index is 11.6. The number of hydrogen-bond acceptors (Lipinski definition) is 3. The summed E-state index contributed by atoms with van der Waals surface area (Å²) in [5.74, 6) is -0.880. The molecule has 2 fully saturated rings. The van der Waals surface area contributed by atoms with Crippen molar-refractivity contribution in [3.8, 4) is 0 Å². The predicted molar refractivity (Wildman–Crippen MR) is 49.3 cm³/mol. The maximum absolute atomic E-state index is 11.6. The first kappa shape index (κ1) is 9.92. The molecule has 0 bridgehead atoms. The third-order valence-electron chi connectivity index (χ3n) is 2.91. The number of carbonyl (C=O) groups is 1. The van der Waals surface area contributed by atoms with Crippen LogP contribution >= 0.6 is 0 Å². The summed E-state index contributed by atoms with van der Waals surface area (Å²) < 4.78 is 24.4. The van der Waals surface area contributed by atoms with Crippen LogP contribution in [0.1, 0.15) is 19.8 Å². The first-order chi connectivity index (χ1) is 6.38. The first-order valence-electron chi connectivity index (χ1n) is 4.62. The lowest BCUT2D eigenvalue weighted by atomic mass is 10.2. The van der Waals surface area contributed by atoms with Crippen molar-refractivity contribution in [2.45, 2.75) is 25.3 Å². The van der Waals surface area contributed by atoms with Crippen LogP contribution in [0.25, 0.3) is 0 Å². The Morgan fingerprint density at radius 3 is 2.36 bits per heavy atom. The SMILES string of the molecule is CC1CN(C2(C(=O)O)CC2)S(=O)(=O)C1. The van der Waals surface area contributed by atoms with Crippen LogP contribution in [0.2, 0.25) is 0 Å². The van der Waals surface area contributed by atoms with Gasteiger partial charge in [0.05, 0.1) is 5.75 Å². The van der Waals surface area contributed by atoms with Crippen LogP contribution < -0.4 is 0 Å². The molecule has 0 spiro atoms. The van der Waals surface area contributed by atoms with Crippen LogP contribution in [0.5, 0.6) is 0 Å². The van der Waals surface area contributed by atoms with Gasteiger partial charge in [-0.3, -0.25) is 4.79 Å². The molecule has 1 heterocycles. The van der Waals surface area contributed by atoms with Crippen molar-refractivity contribution in [3.63, 3.8) is 0 Å². The topological polar surface area (TPSA) is 74.7 Å². The summed E-state index contributed by atoms with van der Waals surface area (Å²) in [6.45, 7) is 2.18.